The molecule has 0 bridgehead atoms. The molecule has 0 spiro atoms. The van der Waals surface area contributed by atoms with Crippen LogP contribution in [0.5, 0.6) is 0 Å². The number of hydrogen-bond donors (Lipinski definition) is 1. The van der Waals surface area contributed by atoms with Crippen LogP contribution in [0, 0.1) is 6.92 Å². The number of carbonyl (C=O) groups is 1. The Labute approximate surface area is 81.9 Å². The van der Waals surface area contributed by atoms with Crippen LogP contribution < -0.4 is 10.9 Å². The van der Waals surface area contributed by atoms with Crippen molar-refractivity contribution in [3.05, 3.63) is 28.3 Å². The Hall–Kier alpha value is -1.58. The first-order valence-electron chi connectivity index (χ1n) is 4.49. The van der Waals surface area contributed by atoms with Gasteiger partial charge in [0, 0.05) is 18.2 Å². The molecular weight excluding hydrogens is 182 g/mol. The molecule has 0 unspecified atom stereocenters. The maximum atomic E-state index is 11.0. The van der Waals surface area contributed by atoms with Crippen LogP contribution in [0.2, 0.25) is 0 Å². The Morgan fingerprint density at radius 2 is 2.21 bits per heavy atom. The van der Waals surface area contributed by atoms with Crippen LogP contribution in [0.1, 0.15) is 19.1 Å². The van der Waals surface area contributed by atoms with Gasteiger partial charge >= 0.3 is 5.63 Å². The summed E-state index contributed by atoms with van der Waals surface area (Å²) in [6, 6.07) is 3.01. The number of hydrogen-bond acceptors (Lipinski definition) is 4. The van der Waals surface area contributed by atoms with Crippen molar-refractivity contribution in [2.24, 2.45) is 0 Å². The highest BCUT2D eigenvalue weighted by molar-refractivity contribution is 5.82. The summed E-state index contributed by atoms with van der Waals surface area (Å²) in [5, 5.41) is 2.87. The number of anilines is 1. The molecule has 4 nitrogen and oxygen atoms in total. The molecule has 0 aliphatic rings. The Balaban J connectivity index is 2.68. The number of carbonyl (C=O) groups excluding carboxylic acids is 1. The molecular formula is C10H13NO3. The Bertz CT molecular complexity index is 381. The van der Waals surface area contributed by atoms with Gasteiger partial charge in [-0.15, -0.1) is 0 Å². The van der Waals surface area contributed by atoms with Gasteiger partial charge in [0.05, 0.1) is 6.54 Å². The zero-order valence-corrected chi connectivity index (χ0v) is 8.29. The molecule has 0 aliphatic carbocycles. The topological polar surface area (TPSA) is 59.3 Å². The van der Waals surface area contributed by atoms with E-state index in [0.717, 1.165) is 0 Å². The van der Waals surface area contributed by atoms with Crippen LogP contribution in [-0.2, 0) is 4.79 Å². The maximum absolute atomic E-state index is 11.0. The second kappa shape index (κ2) is 4.60. The van der Waals surface area contributed by atoms with Crippen molar-refractivity contribution >= 4 is 11.5 Å². The quantitative estimate of drug-likeness (QED) is 0.787. The first-order valence-corrected chi connectivity index (χ1v) is 4.49. The van der Waals surface area contributed by atoms with Crippen molar-refractivity contribution in [3.8, 4) is 0 Å². The van der Waals surface area contributed by atoms with E-state index in [-0.39, 0.29) is 12.3 Å². The van der Waals surface area contributed by atoms with Crippen molar-refractivity contribution in [2.45, 2.75) is 20.3 Å². The monoisotopic (exact) mass is 195 g/mol. The van der Waals surface area contributed by atoms with Crippen LogP contribution in [0.4, 0.5) is 5.69 Å². The largest absolute Gasteiger partial charge is 0.428 e. The smallest absolute Gasteiger partial charge is 0.337 e. The summed E-state index contributed by atoms with van der Waals surface area (Å²) in [5.41, 5.74) is 0.219. The molecule has 1 heterocycles. The third kappa shape index (κ3) is 3.05. The van der Waals surface area contributed by atoms with Crippen LogP contribution in [0.15, 0.2) is 21.3 Å². The maximum Gasteiger partial charge on any atom is 0.337 e. The third-order valence-electron chi connectivity index (χ3n) is 1.78. The second-order valence-corrected chi connectivity index (χ2v) is 3.02. The third-order valence-corrected chi connectivity index (χ3v) is 1.78. The molecule has 1 aromatic heterocycles. The predicted octanol–water partition coefficient (Wildman–Crippen LogP) is 1.34. The fourth-order valence-electron chi connectivity index (χ4n) is 1.03. The summed E-state index contributed by atoms with van der Waals surface area (Å²) >= 11 is 0. The highest BCUT2D eigenvalue weighted by Crippen LogP contribution is 2.05. The van der Waals surface area contributed by atoms with Gasteiger partial charge in [0.2, 0.25) is 0 Å². The lowest BCUT2D eigenvalue weighted by Crippen LogP contribution is -2.13. The van der Waals surface area contributed by atoms with E-state index in [1.54, 1.807) is 19.9 Å². The van der Waals surface area contributed by atoms with Crippen molar-refractivity contribution in [1.82, 2.24) is 0 Å². The molecule has 0 saturated carbocycles. The van der Waals surface area contributed by atoms with E-state index in [2.05, 4.69) is 5.32 Å². The molecule has 4 heteroatoms. The van der Waals surface area contributed by atoms with Crippen LogP contribution >= 0.6 is 0 Å². The number of rotatable bonds is 4. The molecule has 0 aliphatic heterocycles. The number of nitrogens with one attached hydrogen (secondary N) is 1. The first kappa shape index (κ1) is 10.5. The number of aryl methyl sites for hydroxylation is 1. The fraction of sp³-hybridized carbons (Fsp3) is 0.400. The van der Waals surface area contributed by atoms with Gasteiger partial charge in [-0.2, -0.15) is 0 Å². The van der Waals surface area contributed by atoms with E-state index >= 15 is 0 Å². The normalized spacial score (nSPS) is 9.86. The van der Waals surface area contributed by atoms with Crippen LogP contribution in [0.3, 0.4) is 0 Å². The number of Topliss-reactive ketones (excluding diaryl/α,β-unsaturated/α-hetero) is 1. The minimum atomic E-state index is -0.406. The molecule has 0 aromatic carbocycles. The van der Waals surface area contributed by atoms with Gasteiger partial charge in [-0.25, -0.2) is 4.79 Å². The van der Waals surface area contributed by atoms with Gasteiger partial charge in [-0.1, -0.05) is 6.92 Å². The average Bonchev–Trinajstić information content (AvgIpc) is 2.12. The molecule has 1 N–H and O–H groups in total. The predicted molar refractivity (Wildman–Crippen MR) is 53.5 cm³/mol. The van der Waals surface area contributed by atoms with Gasteiger partial charge in [-0.3, -0.25) is 4.79 Å². The second-order valence-electron chi connectivity index (χ2n) is 3.02. The van der Waals surface area contributed by atoms with Crippen molar-refractivity contribution in [1.29, 1.82) is 0 Å². The van der Waals surface area contributed by atoms with E-state index in [4.69, 9.17) is 4.42 Å². The minimum Gasteiger partial charge on any atom is -0.428 e. The first-order chi connectivity index (χ1) is 6.61. The van der Waals surface area contributed by atoms with Gasteiger partial charge in [-0.05, 0) is 13.0 Å². The van der Waals surface area contributed by atoms with Gasteiger partial charge in [0.1, 0.15) is 5.76 Å². The summed E-state index contributed by atoms with van der Waals surface area (Å²) in [4.78, 5) is 21.9. The van der Waals surface area contributed by atoms with E-state index in [9.17, 15) is 9.59 Å². The van der Waals surface area contributed by atoms with Crippen molar-refractivity contribution in [2.75, 3.05) is 11.9 Å². The van der Waals surface area contributed by atoms with Crippen LogP contribution in [-0.4, -0.2) is 12.3 Å². The molecule has 0 atom stereocenters. The van der Waals surface area contributed by atoms with E-state index < -0.39 is 5.63 Å². The molecule has 0 saturated heterocycles. The molecule has 76 valence electrons. The standard InChI is InChI=1S/C10H13NO3/c1-3-9(12)6-11-8-4-7(2)14-10(13)5-8/h4-5,11H,3,6H2,1-2H3. The van der Waals surface area contributed by atoms with Gasteiger partial charge < -0.3 is 9.73 Å². The Kier molecular flexibility index (Phi) is 3.45. The van der Waals surface area contributed by atoms with Gasteiger partial charge in [0.25, 0.3) is 0 Å². The summed E-state index contributed by atoms with van der Waals surface area (Å²) in [5.74, 6) is 0.639. The Morgan fingerprint density at radius 3 is 2.79 bits per heavy atom. The lowest BCUT2D eigenvalue weighted by molar-refractivity contribution is -0.117. The molecule has 14 heavy (non-hydrogen) atoms. The van der Waals surface area contributed by atoms with Gasteiger partial charge in [0.15, 0.2) is 5.78 Å². The summed E-state index contributed by atoms with van der Waals surface area (Å²) in [6.07, 6.45) is 0.493. The zero-order chi connectivity index (χ0) is 10.6. The number of ketones is 1. The summed E-state index contributed by atoms with van der Waals surface area (Å²) in [6.45, 7) is 3.74. The molecule has 0 amide bonds. The lowest BCUT2D eigenvalue weighted by atomic mass is 10.3. The molecule has 1 rings (SSSR count). The van der Waals surface area contributed by atoms with E-state index in [1.807, 2.05) is 0 Å². The average molecular weight is 195 g/mol. The minimum absolute atomic E-state index is 0.107. The zero-order valence-electron chi connectivity index (χ0n) is 8.29. The fourth-order valence-corrected chi connectivity index (χ4v) is 1.03. The molecule has 1 aromatic rings. The van der Waals surface area contributed by atoms with Crippen LogP contribution in [0.25, 0.3) is 0 Å². The van der Waals surface area contributed by atoms with Crippen molar-refractivity contribution in [3.63, 3.8) is 0 Å². The Morgan fingerprint density at radius 1 is 1.50 bits per heavy atom. The lowest BCUT2D eigenvalue weighted by Gasteiger charge is -2.03. The molecule has 0 fully saturated rings. The summed E-state index contributed by atoms with van der Waals surface area (Å²) in [7, 11) is 0. The SMILES string of the molecule is CCC(=O)CNc1cc(C)oc(=O)c1. The molecule has 0 radical (unpaired) electrons. The highest BCUT2D eigenvalue weighted by atomic mass is 16.4. The summed E-state index contributed by atoms with van der Waals surface area (Å²) < 4.78 is 4.77. The highest BCUT2D eigenvalue weighted by Gasteiger charge is 2.00. The van der Waals surface area contributed by atoms with E-state index in [1.165, 1.54) is 6.07 Å². The van der Waals surface area contributed by atoms with Crippen molar-refractivity contribution < 1.29 is 9.21 Å². The van der Waals surface area contributed by atoms with E-state index in [0.29, 0.717) is 17.9 Å².